The first kappa shape index (κ1) is 15.5. The molecule has 0 aliphatic rings. The van der Waals surface area contributed by atoms with E-state index in [9.17, 15) is 4.79 Å². The number of aromatic nitrogens is 2. The highest BCUT2D eigenvalue weighted by Crippen LogP contribution is 2.26. The van der Waals surface area contributed by atoms with E-state index in [4.69, 9.17) is 16.0 Å². The van der Waals surface area contributed by atoms with Crippen LogP contribution in [0, 0.1) is 5.41 Å². The lowest BCUT2D eigenvalue weighted by molar-refractivity contribution is -0.128. The molecule has 0 unspecified atom stereocenters. The Morgan fingerprint density at radius 2 is 2.00 bits per heavy atom. The first-order valence-corrected chi connectivity index (χ1v) is 7.11. The van der Waals surface area contributed by atoms with E-state index >= 15 is 0 Å². The molecule has 1 heterocycles. The first-order valence-electron chi connectivity index (χ1n) is 6.73. The Kier molecular flexibility index (Phi) is 4.63. The first-order chi connectivity index (χ1) is 9.88. The summed E-state index contributed by atoms with van der Waals surface area (Å²) in [4.78, 5) is 11.7. The second-order valence-electron chi connectivity index (χ2n) is 5.74. The van der Waals surface area contributed by atoms with Crippen LogP contribution in [-0.4, -0.2) is 22.6 Å². The Morgan fingerprint density at radius 1 is 1.29 bits per heavy atom. The van der Waals surface area contributed by atoms with Gasteiger partial charge in [0, 0.05) is 18.4 Å². The fourth-order valence-corrected chi connectivity index (χ4v) is 1.86. The van der Waals surface area contributed by atoms with Crippen molar-refractivity contribution in [1.82, 2.24) is 15.5 Å². The summed E-state index contributed by atoms with van der Waals surface area (Å²) in [5, 5.41) is 11.3. The summed E-state index contributed by atoms with van der Waals surface area (Å²) in [7, 11) is 0. The van der Waals surface area contributed by atoms with Crippen molar-refractivity contribution in [3.8, 4) is 11.5 Å². The number of benzene rings is 1. The number of halogens is 1. The van der Waals surface area contributed by atoms with E-state index in [2.05, 4.69) is 15.5 Å². The van der Waals surface area contributed by atoms with E-state index < -0.39 is 5.41 Å². The molecule has 0 saturated carbocycles. The summed E-state index contributed by atoms with van der Waals surface area (Å²) in [5.41, 5.74) is 0.300. The largest absolute Gasteiger partial charge is 0.421 e. The minimum absolute atomic E-state index is 0.00616. The second kappa shape index (κ2) is 6.26. The van der Waals surface area contributed by atoms with Gasteiger partial charge in [0.05, 0.1) is 10.6 Å². The monoisotopic (exact) mass is 307 g/mol. The molecular weight excluding hydrogens is 290 g/mol. The van der Waals surface area contributed by atoms with Crippen molar-refractivity contribution >= 4 is 17.5 Å². The number of hydrogen-bond acceptors (Lipinski definition) is 4. The van der Waals surface area contributed by atoms with Gasteiger partial charge in [-0.05, 0) is 12.1 Å². The molecule has 0 aliphatic carbocycles. The molecule has 0 fully saturated rings. The SMILES string of the molecule is CC(C)(C)C(=O)NCCc1nnc(-c2ccccc2Cl)o1. The predicted octanol–water partition coefficient (Wildman–Crippen LogP) is 3.09. The second-order valence-corrected chi connectivity index (χ2v) is 6.14. The van der Waals surface area contributed by atoms with E-state index in [1.54, 1.807) is 6.07 Å². The standard InChI is InChI=1S/C15H18ClN3O2/c1-15(2,3)14(20)17-9-8-12-18-19-13(21-12)10-6-4-5-7-11(10)16/h4-7H,8-9H2,1-3H3,(H,17,20). The zero-order chi connectivity index (χ0) is 15.5. The van der Waals surface area contributed by atoms with Crippen molar-refractivity contribution in [2.45, 2.75) is 27.2 Å². The van der Waals surface area contributed by atoms with Gasteiger partial charge in [0.15, 0.2) is 0 Å². The maximum atomic E-state index is 11.7. The Morgan fingerprint density at radius 3 is 2.67 bits per heavy atom. The Hall–Kier alpha value is -1.88. The average molecular weight is 308 g/mol. The lowest BCUT2D eigenvalue weighted by Gasteiger charge is -2.16. The Labute approximate surface area is 128 Å². The highest BCUT2D eigenvalue weighted by Gasteiger charge is 2.20. The van der Waals surface area contributed by atoms with E-state index in [0.717, 1.165) is 0 Å². The van der Waals surface area contributed by atoms with Crippen LogP contribution in [0.15, 0.2) is 28.7 Å². The highest BCUT2D eigenvalue weighted by atomic mass is 35.5. The van der Waals surface area contributed by atoms with Crippen LogP contribution in [0.1, 0.15) is 26.7 Å². The number of amides is 1. The van der Waals surface area contributed by atoms with Gasteiger partial charge in [0.1, 0.15) is 0 Å². The van der Waals surface area contributed by atoms with Gasteiger partial charge in [-0.15, -0.1) is 10.2 Å². The van der Waals surface area contributed by atoms with Gasteiger partial charge in [-0.3, -0.25) is 4.79 Å². The summed E-state index contributed by atoms with van der Waals surface area (Å²) in [5.74, 6) is 0.852. The fourth-order valence-electron chi connectivity index (χ4n) is 1.65. The molecule has 0 bridgehead atoms. The Bertz CT molecular complexity index is 632. The Balaban J connectivity index is 1.96. The minimum Gasteiger partial charge on any atom is -0.421 e. The van der Waals surface area contributed by atoms with Crippen molar-refractivity contribution in [2.75, 3.05) is 6.54 Å². The molecule has 0 radical (unpaired) electrons. The number of nitrogens with zero attached hydrogens (tertiary/aromatic N) is 2. The van der Waals surface area contributed by atoms with Crippen molar-refractivity contribution in [3.63, 3.8) is 0 Å². The molecule has 6 heteroatoms. The van der Waals surface area contributed by atoms with E-state index in [-0.39, 0.29) is 5.91 Å². The third-order valence-corrected chi connectivity index (χ3v) is 3.21. The molecule has 21 heavy (non-hydrogen) atoms. The fraction of sp³-hybridized carbons (Fsp3) is 0.400. The third-order valence-electron chi connectivity index (χ3n) is 2.88. The van der Waals surface area contributed by atoms with Gasteiger partial charge < -0.3 is 9.73 Å². The number of carbonyl (C=O) groups excluding carboxylic acids is 1. The van der Waals surface area contributed by atoms with E-state index in [0.29, 0.717) is 35.3 Å². The molecule has 5 nitrogen and oxygen atoms in total. The molecule has 2 aromatic rings. The van der Waals surface area contributed by atoms with Crippen LogP contribution in [0.2, 0.25) is 5.02 Å². The van der Waals surface area contributed by atoms with Gasteiger partial charge in [0.25, 0.3) is 0 Å². The van der Waals surface area contributed by atoms with Gasteiger partial charge in [0.2, 0.25) is 17.7 Å². The molecular formula is C15H18ClN3O2. The third kappa shape index (κ3) is 4.04. The lowest BCUT2D eigenvalue weighted by atomic mass is 9.96. The van der Waals surface area contributed by atoms with Crippen molar-refractivity contribution in [3.05, 3.63) is 35.2 Å². The zero-order valence-electron chi connectivity index (χ0n) is 12.3. The van der Waals surface area contributed by atoms with Crippen LogP contribution in [-0.2, 0) is 11.2 Å². The summed E-state index contributed by atoms with van der Waals surface area (Å²) in [6.07, 6.45) is 0.485. The van der Waals surface area contributed by atoms with Gasteiger partial charge in [-0.1, -0.05) is 44.5 Å². The van der Waals surface area contributed by atoms with Crippen molar-refractivity contribution < 1.29 is 9.21 Å². The van der Waals surface area contributed by atoms with Gasteiger partial charge >= 0.3 is 0 Å². The summed E-state index contributed by atoms with van der Waals surface area (Å²) in [6, 6.07) is 7.28. The molecule has 0 aliphatic heterocycles. The smallest absolute Gasteiger partial charge is 0.249 e. The molecule has 112 valence electrons. The summed E-state index contributed by atoms with van der Waals surface area (Å²) < 4.78 is 5.56. The van der Waals surface area contributed by atoms with Crippen molar-refractivity contribution in [1.29, 1.82) is 0 Å². The summed E-state index contributed by atoms with van der Waals surface area (Å²) >= 11 is 6.08. The quantitative estimate of drug-likeness (QED) is 0.942. The van der Waals surface area contributed by atoms with Crippen LogP contribution in [0.3, 0.4) is 0 Å². The normalized spacial score (nSPS) is 11.4. The maximum Gasteiger partial charge on any atom is 0.249 e. The lowest BCUT2D eigenvalue weighted by Crippen LogP contribution is -2.35. The average Bonchev–Trinajstić information content (AvgIpc) is 2.86. The minimum atomic E-state index is -0.405. The number of hydrogen-bond donors (Lipinski definition) is 1. The van der Waals surface area contributed by atoms with Gasteiger partial charge in [-0.2, -0.15) is 0 Å². The maximum absolute atomic E-state index is 11.7. The van der Waals surface area contributed by atoms with E-state index in [1.807, 2.05) is 39.0 Å². The zero-order valence-corrected chi connectivity index (χ0v) is 13.1. The van der Waals surface area contributed by atoms with E-state index in [1.165, 1.54) is 0 Å². The molecule has 1 aromatic carbocycles. The van der Waals surface area contributed by atoms with Crippen LogP contribution in [0.4, 0.5) is 0 Å². The van der Waals surface area contributed by atoms with Crippen molar-refractivity contribution in [2.24, 2.45) is 5.41 Å². The van der Waals surface area contributed by atoms with Crippen LogP contribution < -0.4 is 5.32 Å². The molecule has 0 spiro atoms. The number of nitrogens with one attached hydrogen (secondary N) is 1. The molecule has 2 rings (SSSR count). The highest BCUT2D eigenvalue weighted by molar-refractivity contribution is 6.33. The molecule has 0 atom stereocenters. The number of rotatable bonds is 4. The molecule has 1 aromatic heterocycles. The topological polar surface area (TPSA) is 68.0 Å². The number of carbonyl (C=O) groups is 1. The van der Waals surface area contributed by atoms with Crippen LogP contribution in [0.5, 0.6) is 0 Å². The predicted molar refractivity (Wildman–Crippen MR) is 80.9 cm³/mol. The summed E-state index contributed by atoms with van der Waals surface area (Å²) in [6.45, 7) is 6.06. The van der Waals surface area contributed by atoms with Crippen LogP contribution in [0.25, 0.3) is 11.5 Å². The van der Waals surface area contributed by atoms with Crippen LogP contribution >= 0.6 is 11.6 Å². The molecule has 0 saturated heterocycles. The molecule has 1 amide bonds. The molecule has 1 N–H and O–H groups in total. The van der Waals surface area contributed by atoms with Gasteiger partial charge in [-0.25, -0.2) is 0 Å².